The second kappa shape index (κ2) is 13.5. The van der Waals surface area contributed by atoms with Gasteiger partial charge in [-0.05, 0) is 27.2 Å². The van der Waals surface area contributed by atoms with Crippen molar-refractivity contribution in [2.75, 3.05) is 6.61 Å². The van der Waals surface area contributed by atoms with E-state index in [0.717, 1.165) is 6.61 Å². The maximum absolute atomic E-state index is 5.85. The monoisotopic (exact) mass is 509 g/mol. The molecule has 0 saturated heterocycles. The molecule has 0 bridgehead atoms. The van der Waals surface area contributed by atoms with Crippen molar-refractivity contribution in [2.24, 2.45) is 0 Å². The number of ether oxygens (including phenoxy) is 1. The molecule has 2 nitrogen and oxygen atoms in total. The van der Waals surface area contributed by atoms with Crippen LogP contribution in [-0.4, -0.2) is 26.0 Å². The zero-order chi connectivity index (χ0) is 23.8. The molecule has 0 fully saturated rings. The third-order valence-corrected chi connectivity index (χ3v) is 9.97. The van der Waals surface area contributed by atoms with Crippen molar-refractivity contribution in [3.8, 4) is 0 Å². The second-order valence-electron chi connectivity index (χ2n) is 10.6. The molecule has 0 spiro atoms. The first-order valence-corrected chi connectivity index (χ1v) is 18.1. The summed E-state index contributed by atoms with van der Waals surface area (Å²) in [6.45, 7) is 25.7. The average molecular weight is 510 g/mol. The minimum atomic E-state index is -1.87. The van der Waals surface area contributed by atoms with E-state index in [4.69, 9.17) is 28.3 Å². The first-order chi connectivity index (χ1) is 13.6. The van der Waals surface area contributed by atoms with Crippen molar-refractivity contribution in [3.63, 3.8) is 0 Å². The Morgan fingerprint density at radius 2 is 1.30 bits per heavy atom. The number of hydrogen-bond donors (Lipinski definition) is 0. The molecule has 0 heterocycles. The van der Waals surface area contributed by atoms with Crippen LogP contribution in [0.1, 0.15) is 89.5 Å². The third-order valence-electron chi connectivity index (χ3n) is 5.65. The zero-order valence-corrected chi connectivity index (χ0v) is 25.4. The molecule has 1 atom stereocenters. The number of rotatable bonds is 9. The minimum absolute atomic E-state index is 0.0143. The van der Waals surface area contributed by atoms with Crippen molar-refractivity contribution in [3.05, 3.63) is 27.2 Å². The van der Waals surface area contributed by atoms with E-state index in [1.807, 2.05) is 0 Å². The van der Waals surface area contributed by atoms with Gasteiger partial charge in [-0.2, -0.15) is 27.4 Å². The Kier molecular flexibility index (Phi) is 13.8. The first kappa shape index (κ1) is 30.8. The number of hydrogen-bond acceptors (Lipinski definition) is 1. The summed E-state index contributed by atoms with van der Waals surface area (Å²) in [6.07, 6.45) is 4.98. The summed E-state index contributed by atoms with van der Waals surface area (Å²) >= 11 is -0.556. The number of halogens is 2. The fourth-order valence-corrected chi connectivity index (χ4v) is 9.19. The van der Waals surface area contributed by atoms with Gasteiger partial charge in [0.05, 0.1) is 5.60 Å². The topological polar surface area (TPSA) is 23.3 Å². The second-order valence-corrected chi connectivity index (χ2v) is 17.0. The van der Waals surface area contributed by atoms with Crippen molar-refractivity contribution >= 4 is 32.0 Å². The molecular weight excluding hydrogens is 465 g/mol. The molecule has 0 aromatic heterocycles. The van der Waals surface area contributed by atoms with Crippen LogP contribution >= 0.6 is 18.6 Å². The zero-order valence-electron chi connectivity index (χ0n) is 21.4. The summed E-state index contributed by atoms with van der Waals surface area (Å²) < 4.78 is 5.85. The summed E-state index contributed by atoms with van der Waals surface area (Å²) in [6, 6.07) is 1.26. The van der Waals surface area contributed by atoms with E-state index in [2.05, 4.69) is 75.8 Å². The summed E-state index contributed by atoms with van der Waals surface area (Å²) in [5, 5.41) is 1.61. The van der Waals surface area contributed by atoms with Gasteiger partial charge in [0.1, 0.15) is 0 Å². The Balaban J connectivity index is 0.00000263. The van der Waals surface area contributed by atoms with Gasteiger partial charge in [-0.25, -0.2) is 0 Å². The van der Waals surface area contributed by atoms with E-state index < -0.39 is 25.3 Å². The Labute approximate surface area is 205 Å². The fourth-order valence-electron chi connectivity index (χ4n) is 4.31. The Morgan fingerprint density at radius 1 is 0.867 bits per heavy atom. The molecule has 1 rings (SSSR count). The van der Waals surface area contributed by atoms with E-state index in [1.54, 1.807) is 5.19 Å². The number of unbranched alkanes of at least 4 members (excludes halogenated alkanes) is 3. The van der Waals surface area contributed by atoms with Crippen LogP contribution in [0.3, 0.4) is 0 Å². The normalized spacial score (nSPS) is 14.2. The van der Waals surface area contributed by atoms with Crippen LogP contribution in [-0.2, 0) is 21.8 Å². The van der Waals surface area contributed by atoms with E-state index in [-0.39, 0.29) is 11.1 Å². The molecule has 0 saturated carbocycles. The molecule has 30 heavy (non-hydrogen) atoms. The summed E-state index contributed by atoms with van der Waals surface area (Å²) in [7, 11) is 7.91. The molecule has 0 N–H and O–H groups in total. The molecule has 1 unspecified atom stereocenters. The van der Waals surface area contributed by atoms with Crippen LogP contribution in [0, 0.1) is 27.7 Å². The predicted octanol–water partition coefficient (Wildman–Crippen LogP) is 8.35. The maximum atomic E-state index is 5.85. The van der Waals surface area contributed by atoms with E-state index in [1.165, 1.54) is 54.0 Å². The van der Waals surface area contributed by atoms with Crippen LogP contribution in [0.25, 0.3) is 4.98 Å². The van der Waals surface area contributed by atoms with Crippen LogP contribution in [0.2, 0.25) is 12.6 Å². The quantitative estimate of drug-likeness (QED) is 0.186. The summed E-state index contributed by atoms with van der Waals surface area (Å²) in [4.78, 5) is 5.47. The molecule has 176 valence electrons. The fraction of sp³-hybridized carbons (Fsp3) is 0.792. The molecule has 0 amide bonds. The number of nitrogens with zero attached hydrogens (tertiary/aromatic N) is 1. The summed E-state index contributed by atoms with van der Waals surface area (Å²) in [5.41, 5.74) is 5.98. The third kappa shape index (κ3) is 11.1. The van der Waals surface area contributed by atoms with Crippen LogP contribution in [0.15, 0.2) is 0 Å². The molecule has 0 aliphatic carbocycles. The van der Waals surface area contributed by atoms with E-state index in [9.17, 15) is 0 Å². The molecular formula is C24H45Cl2NOSiTi-2. The summed E-state index contributed by atoms with van der Waals surface area (Å²) in [5.74, 6) is 0. The molecule has 6 heteroatoms. The molecule has 1 aromatic carbocycles. The van der Waals surface area contributed by atoms with Gasteiger partial charge in [0, 0.05) is 6.61 Å². The Bertz CT molecular complexity index is 609. The Hall–Kier alpha value is 0.781. The molecule has 0 aliphatic rings. The van der Waals surface area contributed by atoms with E-state index in [0.29, 0.717) is 0 Å². The van der Waals surface area contributed by atoms with Crippen molar-refractivity contribution in [2.45, 2.75) is 119 Å². The Morgan fingerprint density at radius 3 is 1.70 bits per heavy atom. The SMILES string of the molecule is Cc1c(C)c(C)[c-]([Si](C)(CCCCCCOC(C)(C)C)[N-]C(C)(C)C)c1C.[Cl][Ti][Cl]. The van der Waals surface area contributed by atoms with E-state index >= 15 is 0 Å². The van der Waals surface area contributed by atoms with Crippen LogP contribution in [0.4, 0.5) is 0 Å². The van der Waals surface area contributed by atoms with Gasteiger partial charge >= 0.3 is 35.6 Å². The van der Waals surface area contributed by atoms with Gasteiger partial charge in [-0.3, -0.25) is 0 Å². The molecule has 1 aromatic rings. The first-order valence-electron chi connectivity index (χ1n) is 11.2. The van der Waals surface area contributed by atoms with Gasteiger partial charge in [0.2, 0.25) is 0 Å². The van der Waals surface area contributed by atoms with Crippen LogP contribution in [0.5, 0.6) is 0 Å². The van der Waals surface area contributed by atoms with Crippen LogP contribution < -0.4 is 5.19 Å². The van der Waals surface area contributed by atoms with Gasteiger partial charge in [-0.15, -0.1) is 5.54 Å². The molecule has 0 aliphatic heterocycles. The standard InChI is InChI=1S/C24H45NOSi.2ClH.Ti/c1-18-19(2)21(4)22(20(18)3)27(11,25-23(5,6)7)17-15-13-12-14-16-26-24(8,9)10;;;/h12-17H2,1-11H3;2*1H;/q-2;;;+2/p-2. The van der Waals surface area contributed by atoms with Crippen molar-refractivity contribution < 1.29 is 21.8 Å². The van der Waals surface area contributed by atoms with Gasteiger partial charge < -0.3 is 9.72 Å². The van der Waals surface area contributed by atoms with Gasteiger partial charge in [0.25, 0.3) is 0 Å². The van der Waals surface area contributed by atoms with Crippen molar-refractivity contribution in [1.82, 2.24) is 0 Å². The van der Waals surface area contributed by atoms with Gasteiger partial charge in [0.15, 0.2) is 0 Å². The average Bonchev–Trinajstić information content (AvgIpc) is 2.76. The predicted molar refractivity (Wildman–Crippen MR) is 136 cm³/mol. The molecule has 0 radical (unpaired) electrons. The van der Waals surface area contributed by atoms with Crippen molar-refractivity contribution in [1.29, 1.82) is 0 Å². The van der Waals surface area contributed by atoms with Gasteiger partial charge in [-0.1, -0.05) is 88.6 Å².